The number of fused-ring (bicyclic) bond motifs is 18. The molecular formula is C119H72N4O5. The van der Waals surface area contributed by atoms with Gasteiger partial charge in [0.05, 0.1) is 22.8 Å². The van der Waals surface area contributed by atoms with E-state index >= 15 is 0 Å². The van der Waals surface area contributed by atoms with E-state index in [2.05, 4.69) is 360 Å². The SMILES string of the molecule is CC1(C)c2ccccc2-c2ccc(-c3ccc(-c4cc(-c5ccc(-c6ccc7c(c6)oc6ccc(-c8cccc(-c9cc(-c%10ccccc%10)nc(-c%10cc(-c%11ccc%12oc%13ccccc%13c%12c%11)cc(-c%11ccc%12oc%13ccccc%13c%12c%11)c%10)n9)c8)cc67)cc5)nc(-c5cc(-c6ccc7oc8ccccc8c7c6)cc(-c6ccc7oc8ccccc8c7c6)c5)n4)cc3)cc21. The number of hydrogen-bond donors (Lipinski definition) is 0. The van der Waals surface area contributed by atoms with E-state index in [-0.39, 0.29) is 5.41 Å². The third kappa shape index (κ3) is 12.2. The number of benzene rings is 18. The van der Waals surface area contributed by atoms with Crippen molar-refractivity contribution in [3.05, 3.63) is 412 Å². The maximum Gasteiger partial charge on any atom is 0.160 e. The average molecular weight is 1640 g/mol. The van der Waals surface area contributed by atoms with Crippen LogP contribution in [0.3, 0.4) is 0 Å². The van der Waals surface area contributed by atoms with Crippen LogP contribution in [0.1, 0.15) is 25.0 Å². The molecule has 1 aliphatic rings. The van der Waals surface area contributed by atoms with Gasteiger partial charge in [0.25, 0.3) is 0 Å². The van der Waals surface area contributed by atoms with Crippen LogP contribution in [-0.4, -0.2) is 19.9 Å². The minimum atomic E-state index is -0.126. The van der Waals surface area contributed by atoms with E-state index in [1.54, 1.807) is 0 Å². The zero-order valence-electron chi connectivity index (χ0n) is 69.4. The number of hydrogen-bond acceptors (Lipinski definition) is 9. The molecule has 26 rings (SSSR count). The lowest BCUT2D eigenvalue weighted by Crippen LogP contribution is -2.14. The fourth-order valence-electron chi connectivity index (χ4n) is 19.7. The van der Waals surface area contributed by atoms with Crippen molar-refractivity contribution in [2.45, 2.75) is 19.3 Å². The van der Waals surface area contributed by atoms with Crippen LogP contribution in [0.2, 0.25) is 0 Å². The van der Waals surface area contributed by atoms with E-state index in [1.165, 1.54) is 27.8 Å². The molecule has 7 heterocycles. The molecule has 0 saturated carbocycles. The van der Waals surface area contributed by atoms with Crippen molar-refractivity contribution in [2.24, 2.45) is 0 Å². The first-order valence-electron chi connectivity index (χ1n) is 43.4. The third-order valence-corrected chi connectivity index (χ3v) is 26.3. The summed E-state index contributed by atoms with van der Waals surface area (Å²) in [6.45, 7) is 4.68. The van der Waals surface area contributed by atoms with Gasteiger partial charge in [-0.25, -0.2) is 19.9 Å². The van der Waals surface area contributed by atoms with Gasteiger partial charge in [-0.15, -0.1) is 0 Å². The van der Waals surface area contributed by atoms with E-state index in [1.807, 2.05) is 54.6 Å². The Morgan fingerprint density at radius 3 is 0.875 bits per heavy atom. The topological polar surface area (TPSA) is 117 Å². The minimum Gasteiger partial charge on any atom is -0.456 e. The van der Waals surface area contributed by atoms with E-state index in [4.69, 9.17) is 42.0 Å². The van der Waals surface area contributed by atoms with Crippen LogP contribution in [0.15, 0.2) is 422 Å². The van der Waals surface area contributed by atoms with Crippen LogP contribution in [0.4, 0.5) is 0 Å². The van der Waals surface area contributed by atoms with Gasteiger partial charge in [0.1, 0.15) is 55.8 Å². The highest BCUT2D eigenvalue weighted by atomic mass is 16.3. The molecule has 0 saturated heterocycles. The predicted molar refractivity (Wildman–Crippen MR) is 522 cm³/mol. The van der Waals surface area contributed by atoms with Gasteiger partial charge in [-0.3, -0.25) is 0 Å². The molecule has 9 heteroatoms. The Morgan fingerprint density at radius 1 is 0.156 bits per heavy atom. The normalized spacial score (nSPS) is 12.5. The van der Waals surface area contributed by atoms with Crippen molar-refractivity contribution in [1.29, 1.82) is 0 Å². The Hall–Kier alpha value is -16.9. The molecule has 0 aliphatic heterocycles. The van der Waals surface area contributed by atoms with Crippen molar-refractivity contribution in [3.8, 4) is 157 Å². The highest BCUT2D eigenvalue weighted by Gasteiger charge is 2.35. The summed E-state index contributed by atoms with van der Waals surface area (Å²) in [4.78, 5) is 22.1. The molecule has 0 spiro atoms. The first-order valence-corrected chi connectivity index (χ1v) is 43.4. The zero-order valence-corrected chi connectivity index (χ0v) is 69.4. The highest BCUT2D eigenvalue weighted by molar-refractivity contribution is 6.12. The van der Waals surface area contributed by atoms with Gasteiger partial charge in [0.2, 0.25) is 0 Å². The van der Waals surface area contributed by atoms with Gasteiger partial charge < -0.3 is 22.1 Å². The molecule has 9 nitrogen and oxygen atoms in total. The second kappa shape index (κ2) is 28.6. The summed E-state index contributed by atoms with van der Waals surface area (Å²) < 4.78 is 32.3. The minimum absolute atomic E-state index is 0.126. The molecule has 0 atom stereocenters. The summed E-state index contributed by atoms with van der Waals surface area (Å²) in [7, 11) is 0. The summed E-state index contributed by atoms with van der Waals surface area (Å²) in [6, 6.07) is 142. The average Bonchev–Trinajstić information content (AvgIpc) is 1.57. The van der Waals surface area contributed by atoms with Crippen LogP contribution >= 0.6 is 0 Å². The zero-order chi connectivity index (χ0) is 84.4. The number of aromatic nitrogens is 4. The Labute approximate surface area is 734 Å². The Kier molecular flexibility index (Phi) is 16.2. The lowest BCUT2D eigenvalue weighted by atomic mass is 9.81. The predicted octanol–water partition coefficient (Wildman–Crippen LogP) is 32.7. The van der Waals surface area contributed by atoms with Gasteiger partial charge in [0.15, 0.2) is 11.6 Å². The van der Waals surface area contributed by atoms with Crippen molar-refractivity contribution in [1.82, 2.24) is 19.9 Å². The third-order valence-electron chi connectivity index (χ3n) is 26.3. The summed E-state index contributed by atoms with van der Waals surface area (Å²) in [6.07, 6.45) is 0. The first kappa shape index (κ1) is 72.7. The molecule has 0 radical (unpaired) electrons. The smallest absolute Gasteiger partial charge is 0.160 e. The molecule has 25 aromatic rings. The Bertz CT molecular complexity index is 8660. The summed E-state index contributed by atoms with van der Waals surface area (Å²) >= 11 is 0. The van der Waals surface area contributed by atoms with Crippen molar-refractivity contribution in [3.63, 3.8) is 0 Å². The van der Waals surface area contributed by atoms with Crippen LogP contribution in [0.25, 0.3) is 267 Å². The Balaban J connectivity index is 0.550. The largest absolute Gasteiger partial charge is 0.456 e. The maximum atomic E-state index is 6.81. The lowest BCUT2D eigenvalue weighted by molar-refractivity contribution is 0.660. The molecule has 128 heavy (non-hydrogen) atoms. The molecule has 0 amide bonds. The van der Waals surface area contributed by atoms with Crippen LogP contribution in [0, 0.1) is 0 Å². The standard InChI is InChI=1S/C119H72N4O5/c1-119(2)101-26-11-6-21-89(101)90-46-39-80(65-102(90)119)69-31-35-72(36-32-69)104-67-105(122-117(121-104)87-56-83(76-42-49-111-96(61-76)91-22-7-12-27-107(91)124-111)54-84(57-87)77-43-50-112-97(62-77)92-23-8-13-28-108(92)125-112)73-37-33-70(34-38-73)81-40-47-95-100-60-75(41-48-115(100)128-116(95)66-81)74-19-16-20-82(53-74)106-68-103(71-17-4-3-5-18-71)120-118(123-106)88-58-85(78-44-51-113-98(63-78)93-24-9-14-29-109(93)126-113)55-86(59-88)79-45-52-114-99(64-79)94-25-10-15-30-110(94)127-114/h3-68H,1-2H3. The molecule has 0 fully saturated rings. The number of rotatable bonds is 13. The monoisotopic (exact) mass is 1640 g/mol. The quantitative estimate of drug-likeness (QED) is 0.111. The molecule has 18 aromatic carbocycles. The summed E-state index contributed by atoms with van der Waals surface area (Å²) in [5.41, 5.74) is 37.1. The second-order valence-electron chi connectivity index (χ2n) is 34.3. The lowest BCUT2D eigenvalue weighted by Gasteiger charge is -2.22. The van der Waals surface area contributed by atoms with E-state index in [0.29, 0.717) is 11.6 Å². The molecule has 598 valence electrons. The molecule has 0 unspecified atom stereocenters. The van der Waals surface area contributed by atoms with Gasteiger partial charge in [-0.1, -0.05) is 257 Å². The molecule has 0 bridgehead atoms. The maximum absolute atomic E-state index is 6.81. The summed E-state index contributed by atoms with van der Waals surface area (Å²) in [5.74, 6) is 1.20. The van der Waals surface area contributed by atoms with Crippen LogP contribution in [0.5, 0.6) is 0 Å². The van der Waals surface area contributed by atoms with Crippen molar-refractivity contribution in [2.75, 3.05) is 0 Å². The van der Waals surface area contributed by atoms with E-state index in [9.17, 15) is 0 Å². The molecule has 1 aliphatic carbocycles. The van der Waals surface area contributed by atoms with Gasteiger partial charge in [0, 0.05) is 92.7 Å². The fraction of sp³-hybridized carbons (Fsp3) is 0.0252. The number of para-hydroxylation sites is 4. The van der Waals surface area contributed by atoms with E-state index < -0.39 is 0 Å². The van der Waals surface area contributed by atoms with Crippen molar-refractivity contribution >= 4 is 110 Å². The highest BCUT2D eigenvalue weighted by Crippen LogP contribution is 2.51. The van der Waals surface area contributed by atoms with Gasteiger partial charge >= 0.3 is 0 Å². The van der Waals surface area contributed by atoms with Gasteiger partial charge in [-0.2, -0.15) is 0 Å². The number of furan rings is 5. The number of nitrogens with zero attached hydrogens (tertiary/aromatic N) is 4. The fourth-order valence-corrected chi connectivity index (χ4v) is 19.7. The molecule has 0 N–H and O–H groups in total. The first-order chi connectivity index (χ1) is 63.0. The van der Waals surface area contributed by atoms with E-state index in [0.717, 1.165) is 238 Å². The van der Waals surface area contributed by atoms with Crippen LogP contribution < -0.4 is 0 Å². The molecule has 7 aromatic heterocycles. The summed E-state index contributed by atoms with van der Waals surface area (Å²) in [5, 5.41) is 10.6. The van der Waals surface area contributed by atoms with Crippen LogP contribution in [-0.2, 0) is 5.41 Å². The van der Waals surface area contributed by atoms with Crippen molar-refractivity contribution < 1.29 is 22.1 Å². The second-order valence-corrected chi connectivity index (χ2v) is 34.3. The van der Waals surface area contributed by atoms with Gasteiger partial charge in [-0.05, 0) is 258 Å². The Morgan fingerprint density at radius 2 is 0.430 bits per heavy atom. The molecular weight excluding hydrogens is 1570 g/mol.